The van der Waals surface area contributed by atoms with Crippen molar-refractivity contribution in [2.45, 2.75) is 11.8 Å². The fraction of sp³-hybridized carbons (Fsp3) is 0.0833. The fourth-order valence-corrected chi connectivity index (χ4v) is 2.85. The molecule has 2 rings (SSSR count). The maximum absolute atomic E-state index is 13.4. The Morgan fingerprint density at radius 1 is 1.33 bits per heavy atom. The molecule has 0 aliphatic rings. The van der Waals surface area contributed by atoms with Gasteiger partial charge in [0, 0.05) is 6.20 Å². The molecule has 0 bridgehead atoms. The summed E-state index contributed by atoms with van der Waals surface area (Å²) in [6.07, 6.45) is 1.09. The van der Waals surface area contributed by atoms with Crippen LogP contribution in [0, 0.1) is 12.7 Å². The molecular formula is C12H12ClFN4O2S. The zero-order valence-electron chi connectivity index (χ0n) is 10.9. The predicted octanol–water partition coefficient (Wildman–Crippen LogP) is 2.27. The van der Waals surface area contributed by atoms with Crippen LogP contribution in [0.2, 0.25) is 5.02 Å². The van der Waals surface area contributed by atoms with Gasteiger partial charge in [-0.25, -0.2) is 23.6 Å². The Balaban J connectivity index is 2.33. The van der Waals surface area contributed by atoms with Crippen molar-refractivity contribution in [1.82, 2.24) is 4.98 Å². The number of pyridine rings is 1. The topological polar surface area (TPSA) is 97.1 Å². The number of nitrogens with two attached hydrogens (primary N) is 1. The summed E-state index contributed by atoms with van der Waals surface area (Å²) in [5, 5.41) is 0.0514. The molecule has 1 aromatic carbocycles. The Bertz CT molecular complexity index is 783. The number of nitrogen functional groups attached to an aromatic ring is 1. The second kappa shape index (κ2) is 5.84. The molecule has 9 heteroatoms. The number of hydrogen-bond acceptors (Lipinski definition) is 5. The number of nitrogens with zero attached hydrogens (tertiary/aromatic N) is 1. The van der Waals surface area contributed by atoms with Crippen molar-refractivity contribution in [3.05, 3.63) is 46.9 Å². The Morgan fingerprint density at radius 3 is 2.62 bits per heavy atom. The molecule has 0 unspecified atom stereocenters. The molecule has 0 amide bonds. The molecule has 21 heavy (non-hydrogen) atoms. The van der Waals surface area contributed by atoms with Crippen molar-refractivity contribution in [3.8, 4) is 0 Å². The highest BCUT2D eigenvalue weighted by molar-refractivity contribution is 7.92. The van der Waals surface area contributed by atoms with Crippen LogP contribution in [0.5, 0.6) is 0 Å². The summed E-state index contributed by atoms with van der Waals surface area (Å²) in [5.41, 5.74) is 2.75. The summed E-state index contributed by atoms with van der Waals surface area (Å²) in [4.78, 5) is 3.62. The van der Waals surface area contributed by atoms with E-state index in [-0.39, 0.29) is 21.4 Å². The second-order valence-corrected chi connectivity index (χ2v) is 6.30. The predicted molar refractivity (Wildman–Crippen MR) is 79.0 cm³/mol. The van der Waals surface area contributed by atoms with E-state index in [1.807, 2.05) is 0 Å². The number of sulfonamides is 1. The quantitative estimate of drug-likeness (QED) is 0.590. The summed E-state index contributed by atoms with van der Waals surface area (Å²) in [6, 6.07) is 5.22. The van der Waals surface area contributed by atoms with Crippen LogP contribution in [0.15, 0.2) is 35.4 Å². The lowest BCUT2D eigenvalue weighted by Crippen LogP contribution is -2.15. The van der Waals surface area contributed by atoms with E-state index in [0.717, 1.165) is 12.3 Å². The smallest absolute Gasteiger partial charge is 0.263 e. The van der Waals surface area contributed by atoms with E-state index in [9.17, 15) is 12.8 Å². The number of anilines is 2. The monoisotopic (exact) mass is 330 g/mol. The summed E-state index contributed by atoms with van der Waals surface area (Å²) in [5.74, 6) is 4.80. The Kier molecular flexibility index (Phi) is 4.31. The molecule has 0 saturated carbocycles. The van der Waals surface area contributed by atoms with Crippen molar-refractivity contribution >= 4 is 33.1 Å². The minimum atomic E-state index is -3.92. The van der Waals surface area contributed by atoms with Gasteiger partial charge in [0.1, 0.15) is 10.7 Å². The van der Waals surface area contributed by atoms with Crippen molar-refractivity contribution in [3.63, 3.8) is 0 Å². The minimum absolute atomic E-state index is 0.0514. The number of aromatic nitrogens is 1. The Labute approximate surface area is 126 Å². The van der Waals surface area contributed by atoms with E-state index < -0.39 is 15.8 Å². The first kappa shape index (κ1) is 15.5. The highest BCUT2D eigenvalue weighted by Crippen LogP contribution is 2.23. The van der Waals surface area contributed by atoms with E-state index in [1.54, 1.807) is 6.92 Å². The first-order valence-corrected chi connectivity index (χ1v) is 7.61. The number of hydrogen-bond donors (Lipinski definition) is 3. The molecule has 1 heterocycles. The van der Waals surface area contributed by atoms with Gasteiger partial charge in [0.25, 0.3) is 10.0 Å². The maximum atomic E-state index is 13.4. The molecule has 0 radical (unpaired) electrons. The van der Waals surface area contributed by atoms with E-state index in [0.29, 0.717) is 5.56 Å². The molecule has 112 valence electrons. The van der Waals surface area contributed by atoms with Crippen LogP contribution < -0.4 is 16.0 Å². The van der Waals surface area contributed by atoms with E-state index in [1.165, 1.54) is 18.2 Å². The molecule has 1 aromatic heterocycles. The van der Waals surface area contributed by atoms with Crippen molar-refractivity contribution < 1.29 is 12.8 Å². The fourth-order valence-electron chi connectivity index (χ4n) is 1.54. The van der Waals surface area contributed by atoms with Crippen LogP contribution in [-0.4, -0.2) is 13.4 Å². The van der Waals surface area contributed by atoms with Gasteiger partial charge in [0.05, 0.1) is 10.7 Å². The zero-order chi connectivity index (χ0) is 15.6. The van der Waals surface area contributed by atoms with Crippen molar-refractivity contribution in [2.24, 2.45) is 5.84 Å². The first-order chi connectivity index (χ1) is 9.83. The van der Waals surface area contributed by atoms with Gasteiger partial charge in [-0.15, -0.1) is 0 Å². The lowest BCUT2D eigenvalue weighted by Gasteiger charge is -2.10. The van der Waals surface area contributed by atoms with E-state index in [2.05, 4.69) is 15.1 Å². The summed E-state index contributed by atoms with van der Waals surface area (Å²) in [7, 11) is -3.92. The van der Waals surface area contributed by atoms with Crippen LogP contribution >= 0.6 is 11.6 Å². The summed E-state index contributed by atoms with van der Waals surface area (Å²) >= 11 is 5.83. The number of nitrogens with one attached hydrogen (secondary N) is 2. The second-order valence-electron chi connectivity index (χ2n) is 4.22. The third-order valence-corrected chi connectivity index (χ3v) is 4.32. The minimum Gasteiger partial charge on any atom is -0.307 e. The van der Waals surface area contributed by atoms with Gasteiger partial charge in [-0.2, -0.15) is 0 Å². The number of halogens is 2. The summed E-state index contributed by atoms with van der Waals surface area (Å²) in [6.45, 7) is 1.58. The molecule has 0 aliphatic carbocycles. The van der Waals surface area contributed by atoms with Crippen LogP contribution in [0.25, 0.3) is 0 Å². The van der Waals surface area contributed by atoms with E-state index in [4.69, 9.17) is 17.4 Å². The van der Waals surface area contributed by atoms with Gasteiger partial charge in [0.15, 0.2) is 5.82 Å². The molecule has 0 atom stereocenters. The van der Waals surface area contributed by atoms with Gasteiger partial charge < -0.3 is 5.43 Å². The Morgan fingerprint density at radius 2 is 2.05 bits per heavy atom. The molecule has 0 saturated heterocycles. The lowest BCUT2D eigenvalue weighted by atomic mass is 10.2. The third-order valence-electron chi connectivity index (χ3n) is 2.69. The molecule has 0 spiro atoms. The molecule has 0 fully saturated rings. The van der Waals surface area contributed by atoms with Gasteiger partial charge in [-0.1, -0.05) is 17.7 Å². The highest BCUT2D eigenvalue weighted by Gasteiger charge is 2.17. The molecule has 2 aromatic rings. The van der Waals surface area contributed by atoms with Gasteiger partial charge in [0.2, 0.25) is 0 Å². The number of hydrazine groups is 1. The molecule has 0 aliphatic heterocycles. The summed E-state index contributed by atoms with van der Waals surface area (Å²) < 4.78 is 40.0. The largest absolute Gasteiger partial charge is 0.307 e. The lowest BCUT2D eigenvalue weighted by molar-refractivity contribution is 0.600. The standard InChI is InChI=1S/C12H12ClFN4O2S/c1-7-2-3-8(4-11(7)14)18-21(19,20)9-5-10(13)12(17-15)16-6-9/h2-6,18H,15H2,1H3,(H,16,17). The SMILES string of the molecule is Cc1ccc(NS(=O)(=O)c2cnc(NN)c(Cl)c2)cc1F. The number of benzene rings is 1. The third kappa shape index (κ3) is 3.41. The molecular weight excluding hydrogens is 319 g/mol. The average Bonchev–Trinajstić information content (AvgIpc) is 2.42. The first-order valence-electron chi connectivity index (χ1n) is 5.74. The van der Waals surface area contributed by atoms with Crippen molar-refractivity contribution in [2.75, 3.05) is 10.1 Å². The van der Waals surface area contributed by atoms with Crippen molar-refractivity contribution in [1.29, 1.82) is 0 Å². The zero-order valence-corrected chi connectivity index (χ0v) is 12.5. The van der Waals surface area contributed by atoms with Gasteiger partial charge in [-0.05, 0) is 30.7 Å². The van der Waals surface area contributed by atoms with Crippen LogP contribution in [0.1, 0.15) is 5.56 Å². The number of aryl methyl sites for hydroxylation is 1. The van der Waals surface area contributed by atoms with Crippen LogP contribution in [0.4, 0.5) is 15.9 Å². The normalized spacial score (nSPS) is 11.2. The van der Waals surface area contributed by atoms with Gasteiger partial charge in [-0.3, -0.25) is 4.72 Å². The maximum Gasteiger partial charge on any atom is 0.263 e. The van der Waals surface area contributed by atoms with Crippen LogP contribution in [0.3, 0.4) is 0 Å². The van der Waals surface area contributed by atoms with Crippen LogP contribution in [-0.2, 0) is 10.0 Å². The van der Waals surface area contributed by atoms with Gasteiger partial charge >= 0.3 is 0 Å². The highest BCUT2D eigenvalue weighted by atomic mass is 35.5. The molecule has 6 nitrogen and oxygen atoms in total. The number of rotatable bonds is 4. The molecule has 4 N–H and O–H groups in total. The average molecular weight is 331 g/mol. The Hall–Kier alpha value is -1.90. The van der Waals surface area contributed by atoms with E-state index >= 15 is 0 Å².